The van der Waals surface area contributed by atoms with Crippen LogP contribution in [0.5, 0.6) is 0 Å². The van der Waals surface area contributed by atoms with Crippen molar-refractivity contribution in [1.29, 1.82) is 0 Å². The minimum Gasteiger partial charge on any atom is -0.480 e. The molecule has 0 aromatic rings. The second-order valence-corrected chi connectivity index (χ2v) is 4.74. The third-order valence-corrected chi connectivity index (χ3v) is 2.81. The van der Waals surface area contributed by atoms with E-state index in [0.717, 1.165) is 18.9 Å². The van der Waals surface area contributed by atoms with Gasteiger partial charge in [0.25, 0.3) is 0 Å². The van der Waals surface area contributed by atoms with Crippen LogP contribution < -0.4 is 5.32 Å². The maximum atomic E-state index is 11.1. The highest BCUT2D eigenvalue weighted by Gasteiger charge is 2.28. The number of thioether (sulfide) groups is 1. The van der Waals surface area contributed by atoms with Crippen molar-refractivity contribution in [3.8, 4) is 0 Å². The first-order valence-corrected chi connectivity index (χ1v) is 5.03. The van der Waals surface area contributed by atoms with Gasteiger partial charge in [0.15, 0.2) is 0 Å². The van der Waals surface area contributed by atoms with Crippen molar-refractivity contribution in [2.24, 2.45) is 0 Å². The number of ether oxygens (including phenoxy) is 1. The number of aliphatic carboxylic acids is 1. The molecule has 0 aliphatic rings. The molecule has 0 aromatic heterocycles. The summed E-state index contributed by atoms with van der Waals surface area (Å²) in [7, 11) is 1.14. The van der Waals surface area contributed by atoms with Gasteiger partial charge in [-0.15, -0.1) is 11.8 Å². The predicted octanol–water partition coefficient (Wildman–Crippen LogP) is 0.465. The van der Waals surface area contributed by atoms with Crippen molar-refractivity contribution in [3.05, 3.63) is 0 Å². The van der Waals surface area contributed by atoms with Crippen LogP contribution in [0.4, 0.5) is 4.79 Å². The molecule has 6 nitrogen and oxygen atoms in total. The fourth-order valence-electron chi connectivity index (χ4n) is 0.509. The Morgan fingerprint density at radius 1 is 1.40 bits per heavy atom. The van der Waals surface area contributed by atoms with Crippen LogP contribution >= 0.6 is 11.8 Å². The van der Waals surface area contributed by atoms with E-state index in [1.807, 2.05) is 5.32 Å². The van der Waals surface area contributed by atoms with E-state index in [9.17, 15) is 14.4 Å². The summed E-state index contributed by atoms with van der Waals surface area (Å²) in [6, 6.07) is 0. The summed E-state index contributed by atoms with van der Waals surface area (Å²) in [5, 5.41) is 10.7. The number of nitrogens with one attached hydrogen (secondary N) is 1. The number of imide groups is 1. The third kappa shape index (κ3) is 5.26. The van der Waals surface area contributed by atoms with Crippen molar-refractivity contribution in [1.82, 2.24) is 5.32 Å². The molecule has 0 spiro atoms. The van der Waals surface area contributed by atoms with Crippen LogP contribution in [-0.2, 0) is 14.3 Å². The third-order valence-electron chi connectivity index (χ3n) is 1.51. The molecule has 15 heavy (non-hydrogen) atoms. The predicted molar refractivity (Wildman–Crippen MR) is 54.7 cm³/mol. The van der Waals surface area contributed by atoms with Crippen LogP contribution in [0.1, 0.15) is 13.8 Å². The number of carboxylic acid groups (broad SMARTS) is 1. The summed E-state index contributed by atoms with van der Waals surface area (Å²) >= 11 is 0.928. The summed E-state index contributed by atoms with van der Waals surface area (Å²) in [5.74, 6) is -1.71. The van der Waals surface area contributed by atoms with Gasteiger partial charge in [-0.1, -0.05) is 0 Å². The molecule has 7 heteroatoms. The highest BCUT2D eigenvalue weighted by Crippen LogP contribution is 2.23. The number of methoxy groups -OCH3 is 1. The van der Waals surface area contributed by atoms with Crippen LogP contribution in [0.3, 0.4) is 0 Å². The number of carbonyl (C=O) groups excluding carboxylic acids is 2. The van der Waals surface area contributed by atoms with Gasteiger partial charge in [-0.25, -0.2) is 4.79 Å². The summed E-state index contributed by atoms with van der Waals surface area (Å²) < 4.78 is 3.14. The van der Waals surface area contributed by atoms with E-state index in [-0.39, 0.29) is 5.75 Å². The Kier molecular flexibility index (Phi) is 5.13. The lowest BCUT2D eigenvalue weighted by atomic mass is 10.2. The van der Waals surface area contributed by atoms with E-state index < -0.39 is 22.7 Å². The molecule has 0 aliphatic carbocycles. The molecule has 0 fully saturated rings. The molecular formula is C8H13NO5S. The van der Waals surface area contributed by atoms with Gasteiger partial charge in [0.05, 0.1) is 12.9 Å². The Bertz CT molecular complexity index is 276. The van der Waals surface area contributed by atoms with Gasteiger partial charge in [-0.05, 0) is 13.8 Å². The first kappa shape index (κ1) is 13.8. The van der Waals surface area contributed by atoms with Crippen LogP contribution in [-0.4, -0.2) is 40.7 Å². The minimum absolute atomic E-state index is 0.117. The summed E-state index contributed by atoms with van der Waals surface area (Å²) in [6.45, 7) is 2.96. The molecule has 0 heterocycles. The van der Waals surface area contributed by atoms with E-state index in [2.05, 4.69) is 4.74 Å². The van der Waals surface area contributed by atoms with Crippen molar-refractivity contribution in [2.75, 3.05) is 12.9 Å². The van der Waals surface area contributed by atoms with E-state index >= 15 is 0 Å². The van der Waals surface area contributed by atoms with Gasteiger partial charge < -0.3 is 9.84 Å². The van der Waals surface area contributed by atoms with Gasteiger partial charge in [0, 0.05) is 0 Å². The zero-order chi connectivity index (χ0) is 12.1. The van der Waals surface area contributed by atoms with Crippen LogP contribution in [0.15, 0.2) is 0 Å². The highest BCUT2D eigenvalue weighted by molar-refractivity contribution is 8.01. The quantitative estimate of drug-likeness (QED) is 0.735. The summed E-state index contributed by atoms with van der Waals surface area (Å²) in [5.41, 5.74) is 0. The average molecular weight is 235 g/mol. The minimum atomic E-state index is -1.06. The van der Waals surface area contributed by atoms with Crippen molar-refractivity contribution in [3.63, 3.8) is 0 Å². The van der Waals surface area contributed by atoms with Crippen molar-refractivity contribution < 1.29 is 24.2 Å². The molecule has 0 radical (unpaired) electrons. The normalized spacial score (nSPS) is 10.6. The molecule has 0 unspecified atom stereocenters. The zero-order valence-corrected chi connectivity index (χ0v) is 9.51. The van der Waals surface area contributed by atoms with Crippen molar-refractivity contribution in [2.45, 2.75) is 18.6 Å². The topological polar surface area (TPSA) is 92.7 Å². The maximum Gasteiger partial charge on any atom is 0.413 e. The molecule has 0 aliphatic heterocycles. The second kappa shape index (κ2) is 5.59. The average Bonchev–Trinajstić information content (AvgIpc) is 2.14. The number of amides is 2. The monoisotopic (exact) mass is 235 g/mol. The SMILES string of the molecule is COC(=O)NC(=O)CSC(C)(C)C(=O)O. The Labute approximate surface area is 91.4 Å². The molecule has 86 valence electrons. The Morgan fingerprint density at radius 2 is 1.93 bits per heavy atom. The first-order valence-electron chi connectivity index (χ1n) is 4.04. The van der Waals surface area contributed by atoms with E-state index in [0.29, 0.717) is 0 Å². The summed E-state index contributed by atoms with van der Waals surface area (Å²) in [6.07, 6.45) is -0.853. The first-order chi connectivity index (χ1) is 6.79. The number of carbonyl (C=O) groups is 3. The van der Waals surface area contributed by atoms with Crippen LogP contribution in [0, 0.1) is 0 Å². The van der Waals surface area contributed by atoms with Gasteiger partial charge in [-0.3, -0.25) is 14.9 Å². The number of hydrogen-bond donors (Lipinski definition) is 2. The molecule has 0 saturated heterocycles. The summed E-state index contributed by atoms with van der Waals surface area (Å²) in [4.78, 5) is 32.3. The van der Waals surface area contributed by atoms with Crippen LogP contribution in [0.25, 0.3) is 0 Å². The lowest BCUT2D eigenvalue weighted by molar-refractivity contribution is -0.138. The molecular weight excluding hydrogens is 222 g/mol. The Balaban J connectivity index is 4.01. The lowest BCUT2D eigenvalue weighted by Crippen LogP contribution is -2.35. The fraction of sp³-hybridized carbons (Fsp3) is 0.625. The number of hydrogen-bond acceptors (Lipinski definition) is 5. The second-order valence-electron chi connectivity index (χ2n) is 3.14. The molecule has 0 rings (SSSR count). The van der Waals surface area contributed by atoms with Gasteiger partial charge in [0.1, 0.15) is 4.75 Å². The van der Waals surface area contributed by atoms with E-state index in [4.69, 9.17) is 5.11 Å². The Morgan fingerprint density at radius 3 is 2.33 bits per heavy atom. The highest BCUT2D eigenvalue weighted by atomic mass is 32.2. The van der Waals surface area contributed by atoms with Crippen LogP contribution in [0.2, 0.25) is 0 Å². The maximum absolute atomic E-state index is 11.1. The number of rotatable bonds is 4. The zero-order valence-electron chi connectivity index (χ0n) is 8.70. The van der Waals surface area contributed by atoms with Gasteiger partial charge in [-0.2, -0.15) is 0 Å². The Hall–Kier alpha value is -1.24. The number of alkyl carbamates (subject to hydrolysis) is 1. The van der Waals surface area contributed by atoms with Gasteiger partial charge in [0.2, 0.25) is 5.91 Å². The molecule has 2 amide bonds. The molecule has 2 N–H and O–H groups in total. The number of carboxylic acids is 1. The molecule has 0 saturated carbocycles. The van der Waals surface area contributed by atoms with Crippen molar-refractivity contribution >= 4 is 29.7 Å². The fourth-order valence-corrected chi connectivity index (χ4v) is 1.20. The largest absolute Gasteiger partial charge is 0.480 e. The molecule has 0 bridgehead atoms. The smallest absolute Gasteiger partial charge is 0.413 e. The molecule has 0 aromatic carbocycles. The standard InChI is InChI=1S/C8H13NO5S/c1-8(2,6(11)12)15-4-5(10)9-7(13)14-3/h4H2,1-3H3,(H,11,12)(H,9,10,13). The lowest BCUT2D eigenvalue weighted by Gasteiger charge is -2.17. The van der Waals surface area contributed by atoms with Gasteiger partial charge >= 0.3 is 12.1 Å². The molecule has 0 atom stereocenters. The van der Waals surface area contributed by atoms with E-state index in [1.54, 1.807) is 0 Å². The van der Waals surface area contributed by atoms with E-state index in [1.165, 1.54) is 13.8 Å².